The third-order valence-corrected chi connectivity index (χ3v) is 6.44. The van der Waals surface area contributed by atoms with Crippen LogP contribution in [0.1, 0.15) is 38.5 Å². The number of benzene rings is 1. The first kappa shape index (κ1) is 25.5. The Balaban J connectivity index is 1.92. The maximum absolute atomic E-state index is 12.6. The zero-order valence-corrected chi connectivity index (χ0v) is 18.8. The molecule has 1 heterocycles. The first-order valence-electron chi connectivity index (χ1n) is 10.3. The molecule has 0 bridgehead atoms. The topological polar surface area (TPSA) is 131 Å². The van der Waals surface area contributed by atoms with Gasteiger partial charge >= 0.3 is 5.97 Å². The van der Waals surface area contributed by atoms with E-state index in [4.69, 9.17) is 26.2 Å². The van der Waals surface area contributed by atoms with Gasteiger partial charge in [0, 0.05) is 31.1 Å². The van der Waals surface area contributed by atoms with E-state index < -0.39 is 28.2 Å². The Hall–Kier alpha value is -1.72. The lowest BCUT2D eigenvalue weighted by molar-refractivity contribution is -0.171. The second kappa shape index (κ2) is 13.0. The molecule has 3 N–H and O–H groups in total. The highest BCUT2D eigenvalue weighted by Crippen LogP contribution is 2.16. The Morgan fingerprint density at radius 1 is 1.23 bits per heavy atom. The third-order valence-electron chi connectivity index (χ3n) is 4.75. The molecular weight excluding hydrogens is 448 g/mol. The van der Waals surface area contributed by atoms with E-state index in [1.807, 2.05) is 0 Å². The lowest BCUT2D eigenvalue weighted by Gasteiger charge is -2.25. The van der Waals surface area contributed by atoms with Crippen molar-refractivity contribution in [1.82, 2.24) is 10.0 Å². The van der Waals surface area contributed by atoms with Gasteiger partial charge in [0.1, 0.15) is 0 Å². The van der Waals surface area contributed by atoms with Crippen LogP contribution in [-0.2, 0) is 29.1 Å². The number of aliphatic carboxylic acids is 1. The fourth-order valence-corrected chi connectivity index (χ4v) is 4.17. The summed E-state index contributed by atoms with van der Waals surface area (Å²) in [7, 11) is -3.83. The maximum atomic E-state index is 12.6. The van der Waals surface area contributed by atoms with Gasteiger partial charge in [-0.3, -0.25) is 9.59 Å². The molecule has 174 valence electrons. The maximum Gasteiger partial charge on any atom is 0.303 e. The summed E-state index contributed by atoms with van der Waals surface area (Å²) in [6.45, 7) is 0.730. The average Bonchev–Trinajstić information content (AvgIpc) is 2.74. The van der Waals surface area contributed by atoms with Crippen molar-refractivity contribution in [2.75, 3.05) is 26.3 Å². The van der Waals surface area contributed by atoms with Crippen molar-refractivity contribution >= 4 is 33.5 Å². The number of amides is 1. The number of hydrogen-bond donors (Lipinski definition) is 3. The Kier molecular flexibility index (Phi) is 10.7. The molecule has 31 heavy (non-hydrogen) atoms. The van der Waals surface area contributed by atoms with Gasteiger partial charge in [0.15, 0.2) is 6.29 Å². The van der Waals surface area contributed by atoms with E-state index in [0.29, 0.717) is 31.0 Å². The molecule has 1 aliphatic heterocycles. The largest absolute Gasteiger partial charge is 0.481 e. The van der Waals surface area contributed by atoms with Crippen molar-refractivity contribution in [3.8, 4) is 0 Å². The van der Waals surface area contributed by atoms with E-state index in [2.05, 4.69) is 10.0 Å². The molecule has 0 radical (unpaired) electrons. The number of halogens is 1. The van der Waals surface area contributed by atoms with E-state index in [1.54, 1.807) is 0 Å². The average molecular weight is 477 g/mol. The normalized spacial score (nSPS) is 17.8. The molecule has 11 heteroatoms. The third kappa shape index (κ3) is 9.53. The van der Waals surface area contributed by atoms with Crippen LogP contribution in [0.15, 0.2) is 29.2 Å². The van der Waals surface area contributed by atoms with Crippen molar-refractivity contribution < 1.29 is 32.6 Å². The second-order valence-electron chi connectivity index (χ2n) is 7.27. The number of nitrogens with one attached hydrogen (secondary N) is 2. The van der Waals surface area contributed by atoms with Gasteiger partial charge in [-0.05, 0) is 56.4 Å². The molecule has 9 nitrogen and oxygen atoms in total. The number of carbonyl (C=O) groups is 2. The van der Waals surface area contributed by atoms with Crippen LogP contribution >= 0.6 is 11.6 Å². The van der Waals surface area contributed by atoms with Crippen LogP contribution < -0.4 is 10.0 Å². The Morgan fingerprint density at radius 3 is 2.61 bits per heavy atom. The Morgan fingerprint density at radius 2 is 1.97 bits per heavy atom. The first-order chi connectivity index (χ1) is 14.8. The van der Waals surface area contributed by atoms with Gasteiger partial charge < -0.3 is 19.9 Å². The van der Waals surface area contributed by atoms with E-state index in [1.165, 1.54) is 24.3 Å². The van der Waals surface area contributed by atoms with Gasteiger partial charge in [-0.15, -0.1) is 0 Å². The predicted octanol–water partition coefficient (Wildman–Crippen LogP) is 2.15. The molecule has 2 atom stereocenters. The van der Waals surface area contributed by atoms with Gasteiger partial charge in [0.25, 0.3) is 0 Å². The quantitative estimate of drug-likeness (QED) is 0.372. The first-order valence-corrected chi connectivity index (χ1v) is 12.1. The summed E-state index contributed by atoms with van der Waals surface area (Å²) in [5.41, 5.74) is 0. The van der Waals surface area contributed by atoms with Crippen LogP contribution in [0.3, 0.4) is 0 Å². The molecule has 2 rings (SSSR count). The van der Waals surface area contributed by atoms with Crippen molar-refractivity contribution in [3.63, 3.8) is 0 Å². The number of carbonyl (C=O) groups excluding carboxylic acids is 1. The Bertz CT molecular complexity index is 811. The fraction of sp³-hybridized carbons (Fsp3) is 0.600. The molecule has 0 aliphatic carbocycles. The molecule has 0 aromatic heterocycles. The minimum atomic E-state index is -3.83. The molecular formula is C20H29ClN2O7S. The number of sulfonamides is 1. The summed E-state index contributed by atoms with van der Waals surface area (Å²) in [4.78, 5) is 23.2. The van der Waals surface area contributed by atoms with E-state index in [0.717, 1.165) is 19.3 Å². The van der Waals surface area contributed by atoms with Gasteiger partial charge in [-0.2, -0.15) is 0 Å². The highest BCUT2D eigenvalue weighted by atomic mass is 35.5. The minimum Gasteiger partial charge on any atom is -0.481 e. The highest BCUT2D eigenvalue weighted by molar-refractivity contribution is 7.89. The van der Waals surface area contributed by atoms with Gasteiger partial charge in [-0.1, -0.05) is 11.6 Å². The van der Waals surface area contributed by atoms with Crippen LogP contribution in [0.5, 0.6) is 0 Å². The summed E-state index contributed by atoms with van der Waals surface area (Å²) in [5.74, 6) is -2.03. The van der Waals surface area contributed by atoms with Crippen molar-refractivity contribution in [2.24, 2.45) is 5.92 Å². The number of unbranched alkanes of at least 4 members (excludes halogenated alkanes) is 1. The molecule has 0 saturated carbocycles. The molecule has 1 aliphatic rings. The second-order valence-corrected chi connectivity index (χ2v) is 9.48. The van der Waals surface area contributed by atoms with Crippen LogP contribution in [0.4, 0.5) is 0 Å². The molecule has 2 unspecified atom stereocenters. The van der Waals surface area contributed by atoms with Gasteiger partial charge in [-0.25, -0.2) is 13.1 Å². The monoisotopic (exact) mass is 476 g/mol. The molecule has 0 spiro atoms. The van der Waals surface area contributed by atoms with Crippen LogP contribution in [0.25, 0.3) is 0 Å². The fourth-order valence-electron chi connectivity index (χ4n) is 2.96. The Labute approximate surface area is 187 Å². The number of carboxylic acid groups (broad SMARTS) is 1. The lowest BCUT2D eigenvalue weighted by atomic mass is 10.1. The van der Waals surface area contributed by atoms with Gasteiger partial charge in [0.2, 0.25) is 15.9 Å². The summed E-state index contributed by atoms with van der Waals surface area (Å²) in [5, 5.41) is 11.8. The van der Waals surface area contributed by atoms with Crippen molar-refractivity contribution in [3.05, 3.63) is 29.3 Å². The summed E-state index contributed by atoms with van der Waals surface area (Å²) in [6, 6.07) is 5.71. The van der Waals surface area contributed by atoms with Crippen LogP contribution in [0.2, 0.25) is 5.02 Å². The van der Waals surface area contributed by atoms with E-state index in [-0.39, 0.29) is 30.4 Å². The smallest absolute Gasteiger partial charge is 0.303 e. The van der Waals surface area contributed by atoms with E-state index >= 15 is 0 Å². The zero-order chi connectivity index (χ0) is 22.7. The standard InChI is InChI=1S/C20H29ClN2O7S/c21-16-7-9-17(10-8-16)31(27,28)23-13-15(14-30-19-6-2-4-12-29-19)20(26)22-11-3-1-5-18(24)25/h7-10,15,19,23H,1-6,11-14H2,(H,22,26)(H,24,25). The number of ether oxygens (including phenoxy) is 2. The van der Waals surface area contributed by atoms with Crippen LogP contribution in [-0.4, -0.2) is 58.0 Å². The molecule has 1 fully saturated rings. The van der Waals surface area contributed by atoms with Crippen LogP contribution in [0, 0.1) is 5.92 Å². The zero-order valence-electron chi connectivity index (χ0n) is 17.2. The predicted molar refractivity (Wildman–Crippen MR) is 114 cm³/mol. The SMILES string of the molecule is O=C(O)CCCCNC(=O)C(CNS(=O)(=O)c1ccc(Cl)cc1)COC1CCCCO1. The summed E-state index contributed by atoms with van der Waals surface area (Å²) in [6.07, 6.45) is 3.22. The number of hydrogen-bond acceptors (Lipinski definition) is 6. The number of carboxylic acids is 1. The summed E-state index contributed by atoms with van der Waals surface area (Å²) >= 11 is 5.80. The highest BCUT2D eigenvalue weighted by Gasteiger charge is 2.25. The summed E-state index contributed by atoms with van der Waals surface area (Å²) < 4.78 is 38.7. The van der Waals surface area contributed by atoms with Crippen molar-refractivity contribution in [2.45, 2.75) is 49.7 Å². The van der Waals surface area contributed by atoms with Gasteiger partial charge in [0.05, 0.1) is 17.4 Å². The number of rotatable bonds is 13. The van der Waals surface area contributed by atoms with E-state index in [9.17, 15) is 18.0 Å². The molecule has 1 aromatic rings. The molecule has 1 amide bonds. The molecule has 1 saturated heterocycles. The lowest BCUT2D eigenvalue weighted by Crippen LogP contribution is -2.42. The minimum absolute atomic E-state index is 0.00519. The molecule has 1 aromatic carbocycles. The van der Waals surface area contributed by atoms with Crippen molar-refractivity contribution in [1.29, 1.82) is 0 Å².